The number of Topliss-reactive ketones (excluding diaryl/α,β-unsaturated/α-hetero) is 1. The summed E-state index contributed by atoms with van der Waals surface area (Å²) in [6, 6.07) is -0.123. The summed E-state index contributed by atoms with van der Waals surface area (Å²) in [6.07, 6.45) is 3.33. The lowest BCUT2D eigenvalue weighted by Gasteiger charge is -2.29. The second-order valence-corrected chi connectivity index (χ2v) is 9.41. The van der Waals surface area contributed by atoms with Gasteiger partial charge in [-0.1, -0.05) is 0 Å². The number of alkyl halides is 2. The Hall–Kier alpha value is -0.480. The van der Waals surface area contributed by atoms with Gasteiger partial charge < -0.3 is 4.74 Å². The summed E-state index contributed by atoms with van der Waals surface area (Å²) in [5.74, 6) is 0.808. The van der Waals surface area contributed by atoms with Crippen molar-refractivity contribution >= 4 is 35.1 Å². The van der Waals surface area contributed by atoms with E-state index < -0.39 is 9.93 Å². The molecule has 0 aromatic rings. The molecule has 0 aromatic heterocycles. The molecule has 1 saturated heterocycles. The van der Waals surface area contributed by atoms with Gasteiger partial charge in [-0.05, 0) is 58.3 Å². The minimum atomic E-state index is -0.636. The highest BCUT2D eigenvalue weighted by molar-refractivity contribution is 6.50. The van der Waals surface area contributed by atoms with Crippen molar-refractivity contribution in [2.24, 2.45) is 11.8 Å². The van der Waals surface area contributed by atoms with Crippen LogP contribution in [0.1, 0.15) is 52.9 Å². The Bertz CT molecular complexity index is 500. The Labute approximate surface area is 141 Å². The van der Waals surface area contributed by atoms with Gasteiger partial charge in [-0.25, -0.2) is 4.79 Å². The monoisotopic (exact) mass is 347 g/mol. The van der Waals surface area contributed by atoms with E-state index in [1.54, 1.807) is 4.90 Å². The summed E-state index contributed by atoms with van der Waals surface area (Å²) in [5, 5.41) is 0. The topological polar surface area (TPSA) is 46.6 Å². The average Bonchev–Trinajstić information content (AvgIpc) is 3.20. The van der Waals surface area contributed by atoms with Crippen molar-refractivity contribution in [2.75, 3.05) is 0 Å². The highest BCUT2D eigenvalue weighted by Crippen LogP contribution is 2.55. The van der Waals surface area contributed by atoms with Crippen molar-refractivity contribution < 1.29 is 14.3 Å². The SMILES string of the molecule is CC(C)(C)OC(=O)N1[C@@H]2C[C@@H]2C[C@H]1C(=O)CC[C@H]1CC1(Cl)Cl. The van der Waals surface area contributed by atoms with Gasteiger partial charge >= 0.3 is 6.09 Å². The summed E-state index contributed by atoms with van der Waals surface area (Å²) in [6.45, 7) is 5.53. The zero-order chi connectivity index (χ0) is 16.3. The van der Waals surface area contributed by atoms with E-state index in [4.69, 9.17) is 27.9 Å². The summed E-state index contributed by atoms with van der Waals surface area (Å²) >= 11 is 12.0. The number of rotatable bonds is 4. The van der Waals surface area contributed by atoms with Crippen LogP contribution in [0.15, 0.2) is 0 Å². The Morgan fingerprint density at radius 3 is 2.45 bits per heavy atom. The minimum absolute atomic E-state index is 0.120. The van der Waals surface area contributed by atoms with Gasteiger partial charge in [0.15, 0.2) is 5.78 Å². The summed E-state index contributed by atoms with van der Waals surface area (Å²) < 4.78 is 4.83. The predicted molar refractivity (Wildman–Crippen MR) is 85.2 cm³/mol. The molecule has 2 saturated carbocycles. The molecule has 0 bridgehead atoms. The van der Waals surface area contributed by atoms with E-state index in [2.05, 4.69) is 0 Å². The first-order chi connectivity index (χ1) is 10.1. The third kappa shape index (κ3) is 3.38. The molecule has 3 fully saturated rings. The number of piperidine rings is 1. The first-order valence-corrected chi connectivity index (χ1v) is 8.76. The Morgan fingerprint density at radius 2 is 1.91 bits per heavy atom. The van der Waals surface area contributed by atoms with Crippen LogP contribution in [0.5, 0.6) is 0 Å². The smallest absolute Gasteiger partial charge is 0.411 e. The number of carbonyl (C=O) groups is 2. The molecule has 2 aliphatic carbocycles. The molecule has 0 radical (unpaired) electrons. The number of fused-ring (bicyclic) bond motifs is 1. The van der Waals surface area contributed by atoms with Crippen LogP contribution in [0.4, 0.5) is 4.79 Å². The Balaban J connectivity index is 1.57. The number of hydrogen-bond donors (Lipinski definition) is 0. The summed E-state index contributed by atoms with van der Waals surface area (Å²) in [4.78, 5) is 26.6. The number of ketones is 1. The molecular formula is C16H23Cl2NO3. The molecule has 0 aromatic carbocycles. The Morgan fingerprint density at radius 1 is 1.27 bits per heavy atom. The normalized spacial score (nSPS) is 35.0. The molecule has 1 amide bonds. The third-order valence-corrected chi connectivity index (χ3v) is 5.70. The maximum atomic E-state index is 12.5. The van der Waals surface area contributed by atoms with Gasteiger partial charge in [0.2, 0.25) is 0 Å². The first-order valence-electron chi connectivity index (χ1n) is 8.00. The summed E-state index contributed by atoms with van der Waals surface area (Å²) in [7, 11) is 0. The van der Waals surface area contributed by atoms with Gasteiger partial charge in [0, 0.05) is 12.5 Å². The van der Waals surface area contributed by atoms with Gasteiger partial charge in [-0.3, -0.25) is 9.69 Å². The van der Waals surface area contributed by atoms with E-state index in [-0.39, 0.29) is 29.9 Å². The lowest BCUT2D eigenvalue weighted by molar-refractivity contribution is -0.124. The molecule has 4 nitrogen and oxygen atoms in total. The van der Waals surface area contributed by atoms with E-state index in [9.17, 15) is 9.59 Å². The second kappa shape index (κ2) is 5.27. The van der Waals surface area contributed by atoms with Gasteiger partial charge in [-0.15, -0.1) is 23.2 Å². The molecule has 0 N–H and O–H groups in total. The number of ether oxygens (including phenoxy) is 1. The average molecular weight is 348 g/mol. The Kier molecular flexibility index (Phi) is 3.92. The van der Waals surface area contributed by atoms with E-state index >= 15 is 0 Å². The highest BCUT2D eigenvalue weighted by atomic mass is 35.5. The van der Waals surface area contributed by atoms with Crippen LogP contribution >= 0.6 is 23.2 Å². The van der Waals surface area contributed by atoms with Crippen LogP contribution in [0.3, 0.4) is 0 Å². The number of amides is 1. The molecule has 22 heavy (non-hydrogen) atoms. The quantitative estimate of drug-likeness (QED) is 0.724. The van der Waals surface area contributed by atoms with Crippen LogP contribution in [0.25, 0.3) is 0 Å². The van der Waals surface area contributed by atoms with Crippen LogP contribution in [0.2, 0.25) is 0 Å². The van der Waals surface area contributed by atoms with Crippen molar-refractivity contribution in [3.05, 3.63) is 0 Å². The van der Waals surface area contributed by atoms with E-state index in [0.29, 0.717) is 18.8 Å². The zero-order valence-electron chi connectivity index (χ0n) is 13.3. The number of hydrogen-bond acceptors (Lipinski definition) is 3. The van der Waals surface area contributed by atoms with Gasteiger partial charge in [0.1, 0.15) is 9.93 Å². The van der Waals surface area contributed by atoms with Gasteiger partial charge in [-0.2, -0.15) is 0 Å². The van der Waals surface area contributed by atoms with Crippen LogP contribution in [-0.4, -0.2) is 38.8 Å². The fourth-order valence-electron chi connectivity index (χ4n) is 3.39. The molecule has 6 heteroatoms. The second-order valence-electron chi connectivity index (χ2n) is 7.87. The van der Waals surface area contributed by atoms with Crippen molar-refractivity contribution in [3.63, 3.8) is 0 Å². The number of carbonyl (C=O) groups excluding carboxylic acids is 2. The van der Waals surface area contributed by atoms with E-state index in [1.807, 2.05) is 20.8 Å². The van der Waals surface area contributed by atoms with Crippen LogP contribution in [-0.2, 0) is 9.53 Å². The predicted octanol–water partition coefficient (Wildman–Crippen LogP) is 3.93. The molecule has 124 valence electrons. The van der Waals surface area contributed by atoms with E-state index in [0.717, 1.165) is 19.3 Å². The van der Waals surface area contributed by atoms with Crippen LogP contribution in [0, 0.1) is 11.8 Å². The lowest BCUT2D eigenvalue weighted by atomic mass is 10.0. The van der Waals surface area contributed by atoms with E-state index in [1.165, 1.54) is 0 Å². The molecule has 0 unspecified atom stereocenters. The third-order valence-electron chi connectivity index (χ3n) is 4.78. The van der Waals surface area contributed by atoms with Crippen molar-refractivity contribution in [3.8, 4) is 0 Å². The lowest BCUT2D eigenvalue weighted by Crippen LogP contribution is -2.45. The highest BCUT2D eigenvalue weighted by Gasteiger charge is 2.57. The fraction of sp³-hybridized carbons (Fsp3) is 0.875. The largest absolute Gasteiger partial charge is 0.444 e. The van der Waals surface area contributed by atoms with Gasteiger partial charge in [0.05, 0.1) is 6.04 Å². The molecule has 1 aliphatic heterocycles. The molecular weight excluding hydrogens is 325 g/mol. The minimum Gasteiger partial charge on any atom is -0.444 e. The van der Waals surface area contributed by atoms with Crippen molar-refractivity contribution in [1.82, 2.24) is 4.90 Å². The summed E-state index contributed by atoms with van der Waals surface area (Å²) in [5.41, 5.74) is -0.539. The molecule has 4 atom stereocenters. The zero-order valence-corrected chi connectivity index (χ0v) is 14.8. The van der Waals surface area contributed by atoms with Gasteiger partial charge in [0.25, 0.3) is 0 Å². The molecule has 0 spiro atoms. The molecule has 1 heterocycles. The van der Waals surface area contributed by atoms with Crippen molar-refractivity contribution in [2.45, 2.75) is 74.9 Å². The number of nitrogens with zero attached hydrogens (tertiary/aromatic N) is 1. The van der Waals surface area contributed by atoms with Crippen LogP contribution < -0.4 is 0 Å². The number of halogens is 2. The molecule has 3 rings (SSSR count). The maximum Gasteiger partial charge on any atom is 0.411 e. The maximum absolute atomic E-state index is 12.5. The first kappa shape index (κ1) is 16.4. The fourth-order valence-corrected chi connectivity index (χ4v) is 3.98. The van der Waals surface area contributed by atoms with Crippen molar-refractivity contribution in [1.29, 1.82) is 0 Å². The molecule has 3 aliphatic rings. The standard InChI is InChI=1S/C16H23Cl2NO3/c1-15(2,3)22-14(21)19-11-6-9(11)7-12(19)13(20)5-4-10-8-16(10,17)18/h9-12H,4-8H2,1-3H3/t9-,10+,11-,12+/m1/s1. The number of likely N-dealkylation sites (tertiary alicyclic amines) is 1.